The topological polar surface area (TPSA) is 58.2 Å². The van der Waals surface area contributed by atoms with Crippen LogP contribution < -0.4 is 10.6 Å². The molecule has 2 rings (SSSR count). The molecule has 0 radical (unpaired) electrons. The molecule has 2 amide bonds. The molecule has 4 nitrogen and oxygen atoms in total. The lowest BCUT2D eigenvalue weighted by Gasteiger charge is -2.06. The number of hydrogen-bond acceptors (Lipinski definition) is 3. The van der Waals surface area contributed by atoms with Gasteiger partial charge in [0.2, 0.25) is 0 Å². The van der Waals surface area contributed by atoms with Gasteiger partial charge < -0.3 is 10.6 Å². The fraction of sp³-hybridized carbons (Fsp3) is 0.0769. The Morgan fingerprint density at radius 2 is 1.90 bits per heavy atom. The molecule has 1 heterocycles. The normalized spacial score (nSPS) is 10.2. The maximum absolute atomic E-state index is 12.1. The van der Waals surface area contributed by atoms with Crippen LogP contribution in [-0.2, 0) is 0 Å². The van der Waals surface area contributed by atoms with Gasteiger partial charge in [-0.1, -0.05) is 29.3 Å². The zero-order valence-electron chi connectivity index (χ0n) is 10.4. The van der Waals surface area contributed by atoms with Crippen molar-refractivity contribution in [1.29, 1.82) is 0 Å². The molecule has 0 bridgehead atoms. The Morgan fingerprint density at radius 1 is 1.15 bits per heavy atom. The van der Waals surface area contributed by atoms with Crippen molar-refractivity contribution < 1.29 is 9.59 Å². The Hall–Kier alpha value is -1.56. The summed E-state index contributed by atoms with van der Waals surface area (Å²) in [6, 6.07) is 8.11. The fourth-order valence-electron chi connectivity index (χ4n) is 1.58. The van der Waals surface area contributed by atoms with Crippen LogP contribution in [0.15, 0.2) is 30.3 Å². The Morgan fingerprint density at radius 3 is 2.50 bits per heavy atom. The second kappa shape index (κ2) is 6.26. The van der Waals surface area contributed by atoms with Crippen molar-refractivity contribution in [3.05, 3.63) is 50.1 Å². The molecular formula is C13H10Cl2N2O2S. The van der Waals surface area contributed by atoms with Crippen molar-refractivity contribution in [3.63, 3.8) is 0 Å². The molecule has 0 aliphatic heterocycles. The first-order chi connectivity index (χ1) is 9.51. The van der Waals surface area contributed by atoms with E-state index in [-0.39, 0.29) is 11.8 Å². The SMILES string of the molecule is CNC(=O)c1cccc(NC(=O)c2cc(Cl)sc2Cl)c1. The zero-order valence-corrected chi connectivity index (χ0v) is 12.7. The lowest BCUT2D eigenvalue weighted by Crippen LogP contribution is -2.18. The molecule has 0 saturated carbocycles. The van der Waals surface area contributed by atoms with Crippen LogP contribution in [0.25, 0.3) is 0 Å². The molecule has 0 spiro atoms. The molecule has 1 aromatic carbocycles. The van der Waals surface area contributed by atoms with E-state index in [1.165, 1.54) is 6.07 Å². The third-order valence-corrected chi connectivity index (χ3v) is 4.00. The molecule has 2 aromatic rings. The molecular weight excluding hydrogens is 319 g/mol. The van der Waals surface area contributed by atoms with E-state index >= 15 is 0 Å². The summed E-state index contributed by atoms with van der Waals surface area (Å²) in [6.07, 6.45) is 0. The molecule has 0 saturated heterocycles. The number of benzene rings is 1. The van der Waals surface area contributed by atoms with Gasteiger partial charge in [-0.2, -0.15) is 0 Å². The molecule has 2 N–H and O–H groups in total. The van der Waals surface area contributed by atoms with Crippen molar-refractivity contribution in [2.45, 2.75) is 0 Å². The lowest BCUT2D eigenvalue weighted by atomic mass is 10.2. The summed E-state index contributed by atoms with van der Waals surface area (Å²) < 4.78 is 0.772. The maximum Gasteiger partial charge on any atom is 0.258 e. The fourth-order valence-corrected chi connectivity index (χ4v) is 3.03. The van der Waals surface area contributed by atoms with E-state index in [1.54, 1.807) is 31.3 Å². The third kappa shape index (κ3) is 3.30. The summed E-state index contributed by atoms with van der Waals surface area (Å²) >= 11 is 12.8. The van der Waals surface area contributed by atoms with Crippen LogP contribution in [0, 0.1) is 0 Å². The predicted octanol–water partition coefficient (Wildman–Crippen LogP) is 3.67. The summed E-state index contributed by atoms with van der Waals surface area (Å²) in [6.45, 7) is 0. The van der Waals surface area contributed by atoms with Crippen LogP contribution in [0.2, 0.25) is 8.67 Å². The summed E-state index contributed by atoms with van der Waals surface area (Å²) in [7, 11) is 1.54. The van der Waals surface area contributed by atoms with Gasteiger partial charge in [0, 0.05) is 18.3 Å². The first-order valence-electron chi connectivity index (χ1n) is 5.59. The Balaban J connectivity index is 2.20. The minimum absolute atomic E-state index is 0.224. The van der Waals surface area contributed by atoms with Crippen LogP contribution >= 0.6 is 34.5 Å². The maximum atomic E-state index is 12.1. The first kappa shape index (κ1) is 14.8. The van der Waals surface area contributed by atoms with Gasteiger partial charge in [-0.15, -0.1) is 11.3 Å². The van der Waals surface area contributed by atoms with E-state index in [2.05, 4.69) is 10.6 Å². The minimum atomic E-state index is -0.368. The average molecular weight is 329 g/mol. The predicted molar refractivity (Wildman–Crippen MR) is 82.1 cm³/mol. The quantitative estimate of drug-likeness (QED) is 0.903. The van der Waals surface area contributed by atoms with Gasteiger partial charge in [0.25, 0.3) is 11.8 Å². The largest absolute Gasteiger partial charge is 0.355 e. The smallest absolute Gasteiger partial charge is 0.258 e. The van der Waals surface area contributed by atoms with E-state index in [4.69, 9.17) is 23.2 Å². The van der Waals surface area contributed by atoms with Crippen molar-refractivity contribution in [3.8, 4) is 0 Å². The van der Waals surface area contributed by atoms with Crippen molar-refractivity contribution in [2.75, 3.05) is 12.4 Å². The van der Waals surface area contributed by atoms with Gasteiger partial charge in [0.15, 0.2) is 0 Å². The number of hydrogen-bond donors (Lipinski definition) is 2. The zero-order chi connectivity index (χ0) is 14.7. The van der Waals surface area contributed by atoms with Crippen LogP contribution in [0.3, 0.4) is 0 Å². The van der Waals surface area contributed by atoms with Crippen LogP contribution in [0.5, 0.6) is 0 Å². The molecule has 1 aromatic heterocycles. The number of carbonyl (C=O) groups excluding carboxylic acids is 2. The highest BCUT2D eigenvalue weighted by molar-refractivity contribution is 7.20. The molecule has 20 heavy (non-hydrogen) atoms. The monoisotopic (exact) mass is 328 g/mol. The van der Waals surface area contributed by atoms with Crippen LogP contribution in [-0.4, -0.2) is 18.9 Å². The number of halogens is 2. The summed E-state index contributed by atoms with van der Waals surface area (Å²) in [5.74, 6) is -0.593. The van der Waals surface area contributed by atoms with Crippen LogP contribution in [0.4, 0.5) is 5.69 Å². The molecule has 0 fully saturated rings. The highest BCUT2D eigenvalue weighted by atomic mass is 35.5. The molecule has 0 aliphatic carbocycles. The van der Waals surface area contributed by atoms with Gasteiger partial charge >= 0.3 is 0 Å². The van der Waals surface area contributed by atoms with E-state index in [0.717, 1.165) is 11.3 Å². The Kier molecular flexibility index (Phi) is 4.65. The lowest BCUT2D eigenvalue weighted by molar-refractivity contribution is 0.0961. The second-order valence-corrected chi connectivity index (χ2v) is 6.14. The number of thiophene rings is 1. The summed E-state index contributed by atoms with van der Waals surface area (Å²) in [5, 5.41) is 5.19. The molecule has 0 aliphatic rings. The average Bonchev–Trinajstić information content (AvgIpc) is 2.77. The van der Waals surface area contributed by atoms with E-state index < -0.39 is 0 Å². The molecule has 7 heteroatoms. The van der Waals surface area contributed by atoms with E-state index in [1.807, 2.05) is 0 Å². The highest BCUT2D eigenvalue weighted by Crippen LogP contribution is 2.31. The molecule has 0 unspecified atom stereocenters. The number of rotatable bonds is 3. The Bertz CT molecular complexity index is 670. The van der Waals surface area contributed by atoms with Crippen molar-refractivity contribution >= 4 is 52.0 Å². The van der Waals surface area contributed by atoms with Crippen molar-refractivity contribution in [1.82, 2.24) is 5.32 Å². The van der Waals surface area contributed by atoms with E-state index in [9.17, 15) is 9.59 Å². The van der Waals surface area contributed by atoms with Gasteiger partial charge in [0.05, 0.1) is 9.90 Å². The third-order valence-electron chi connectivity index (χ3n) is 2.51. The van der Waals surface area contributed by atoms with Gasteiger partial charge in [-0.05, 0) is 24.3 Å². The number of amides is 2. The molecule has 0 atom stereocenters. The summed E-state index contributed by atoms with van der Waals surface area (Å²) in [5.41, 5.74) is 1.28. The van der Waals surface area contributed by atoms with Gasteiger partial charge in [0.1, 0.15) is 4.34 Å². The van der Waals surface area contributed by atoms with Crippen molar-refractivity contribution in [2.24, 2.45) is 0 Å². The molecule has 104 valence electrons. The van der Waals surface area contributed by atoms with Gasteiger partial charge in [-0.3, -0.25) is 9.59 Å². The first-order valence-corrected chi connectivity index (χ1v) is 7.17. The highest BCUT2D eigenvalue weighted by Gasteiger charge is 2.14. The number of carbonyl (C=O) groups is 2. The van der Waals surface area contributed by atoms with Crippen LogP contribution in [0.1, 0.15) is 20.7 Å². The second-order valence-electron chi connectivity index (χ2n) is 3.85. The summed E-state index contributed by atoms with van der Waals surface area (Å²) in [4.78, 5) is 23.6. The van der Waals surface area contributed by atoms with E-state index in [0.29, 0.717) is 25.5 Å². The number of nitrogens with one attached hydrogen (secondary N) is 2. The number of anilines is 1. The standard InChI is InChI=1S/C13H10Cl2N2O2S/c1-16-12(18)7-3-2-4-8(5-7)17-13(19)9-6-10(14)20-11(9)15/h2-6H,1H3,(H,16,18)(H,17,19). The minimum Gasteiger partial charge on any atom is -0.355 e. The Labute approximate surface area is 129 Å². The van der Waals surface area contributed by atoms with Gasteiger partial charge in [-0.25, -0.2) is 0 Å².